The monoisotopic (exact) mass is 1190 g/mol. The Morgan fingerprint density at radius 2 is 0.747 bits per heavy atom. The number of rotatable bonds is 51. The Labute approximate surface area is 499 Å². The van der Waals surface area contributed by atoms with Crippen molar-refractivity contribution in [2.24, 2.45) is 0 Å². The Morgan fingerprint density at radius 1 is 0.422 bits per heavy atom. The number of allylic oxidation sites excluding steroid dienone is 1. The first-order valence-electron chi connectivity index (χ1n) is 33.4. The molecule has 0 aromatic carbocycles. The largest absolute Gasteiger partial charge is 0.394 e. The molecule has 19 nitrogen and oxygen atoms in total. The number of carbonyl (C=O) groups excluding carboxylic acids is 1. The molecular formula is C64H121NO18. The maximum absolute atomic E-state index is 13.2. The summed E-state index contributed by atoms with van der Waals surface area (Å²) in [5, 5.41) is 120. The Balaban J connectivity index is 1.26. The zero-order valence-corrected chi connectivity index (χ0v) is 51.4. The van der Waals surface area contributed by atoms with Crippen molar-refractivity contribution in [3.63, 3.8) is 0 Å². The van der Waals surface area contributed by atoms with Gasteiger partial charge in [-0.25, -0.2) is 0 Å². The number of aliphatic hydroxyl groups excluding tert-OH is 11. The molecule has 3 rings (SSSR count). The summed E-state index contributed by atoms with van der Waals surface area (Å²) in [5.41, 5.74) is 0. The highest BCUT2D eigenvalue weighted by Gasteiger charge is 2.53. The third-order valence-electron chi connectivity index (χ3n) is 17.1. The molecule has 17 unspecified atom stereocenters. The molecule has 3 fully saturated rings. The Hall–Kier alpha value is -1.47. The maximum Gasteiger partial charge on any atom is 0.220 e. The van der Waals surface area contributed by atoms with E-state index in [1.165, 1.54) is 186 Å². The number of ether oxygens (including phenoxy) is 6. The van der Waals surface area contributed by atoms with Gasteiger partial charge in [0, 0.05) is 6.42 Å². The lowest BCUT2D eigenvalue weighted by atomic mass is 9.96. The fourth-order valence-electron chi connectivity index (χ4n) is 11.6. The zero-order chi connectivity index (χ0) is 60.5. The summed E-state index contributed by atoms with van der Waals surface area (Å²) in [6.45, 7) is 1.62. The summed E-state index contributed by atoms with van der Waals surface area (Å²) in [5.74, 6) is -0.278. The number of unbranched alkanes of at least 4 members (excludes halogenated alkanes) is 35. The summed E-state index contributed by atoms with van der Waals surface area (Å²) in [6, 6.07) is -0.964. The number of nitrogens with one attached hydrogen (secondary N) is 1. The van der Waals surface area contributed by atoms with E-state index >= 15 is 0 Å². The molecule has 0 saturated carbocycles. The third kappa shape index (κ3) is 30.5. The average Bonchev–Trinajstić information content (AvgIpc) is 3.63. The first kappa shape index (κ1) is 75.8. The van der Waals surface area contributed by atoms with E-state index in [0.29, 0.717) is 6.42 Å². The van der Waals surface area contributed by atoms with Crippen molar-refractivity contribution >= 4 is 5.91 Å². The van der Waals surface area contributed by atoms with E-state index in [2.05, 4.69) is 19.2 Å². The second-order valence-corrected chi connectivity index (χ2v) is 24.3. The highest BCUT2D eigenvalue weighted by molar-refractivity contribution is 5.76. The molecule has 490 valence electrons. The molecule has 0 radical (unpaired) electrons. The summed E-state index contributed by atoms with van der Waals surface area (Å²) < 4.78 is 34.1. The number of hydrogen-bond donors (Lipinski definition) is 12. The minimum atomic E-state index is -1.97. The SMILES string of the molecule is CCCCC/C=C/C(O)C(COC1OC(CO)C(OC2OC(CO)C(OC3OC(CO)C(O)C(O)C3O)C(O)C2O)C(O)C1O)NC(=O)CCCCCCCCCCCCCCCCCCCCCCCCCCCCCCCCCCC. The van der Waals surface area contributed by atoms with E-state index in [1.807, 2.05) is 6.08 Å². The van der Waals surface area contributed by atoms with Crippen LogP contribution in [0.1, 0.15) is 258 Å². The third-order valence-corrected chi connectivity index (χ3v) is 17.1. The lowest BCUT2D eigenvalue weighted by molar-refractivity contribution is -0.379. The maximum atomic E-state index is 13.2. The lowest BCUT2D eigenvalue weighted by Crippen LogP contribution is -2.66. The fourth-order valence-corrected chi connectivity index (χ4v) is 11.6. The van der Waals surface area contributed by atoms with Gasteiger partial charge in [-0.15, -0.1) is 0 Å². The molecule has 83 heavy (non-hydrogen) atoms. The predicted molar refractivity (Wildman–Crippen MR) is 319 cm³/mol. The molecule has 3 aliphatic heterocycles. The van der Waals surface area contributed by atoms with Crippen LogP contribution in [-0.2, 0) is 33.2 Å². The van der Waals surface area contributed by atoms with E-state index in [1.54, 1.807) is 6.08 Å². The molecular weight excluding hydrogens is 1070 g/mol. The number of amides is 1. The van der Waals surface area contributed by atoms with Crippen molar-refractivity contribution in [2.45, 2.75) is 362 Å². The Bertz CT molecular complexity index is 1560. The second kappa shape index (κ2) is 47.5. The topological polar surface area (TPSA) is 307 Å². The summed E-state index contributed by atoms with van der Waals surface area (Å²) in [6.07, 6.45) is 24.6. The average molecular weight is 1190 g/mol. The van der Waals surface area contributed by atoms with Gasteiger partial charge in [0.2, 0.25) is 5.91 Å². The van der Waals surface area contributed by atoms with Crippen LogP contribution in [0.3, 0.4) is 0 Å². The summed E-state index contributed by atoms with van der Waals surface area (Å²) in [7, 11) is 0. The highest BCUT2D eigenvalue weighted by Crippen LogP contribution is 2.33. The molecule has 12 N–H and O–H groups in total. The molecule has 0 aromatic rings. The van der Waals surface area contributed by atoms with E-state index < -0.39 is 124 Å². The number of carbonyl (C=O) groups is 1. The predicted octanol–water partition coefficient (Wildman–Crippen LogP) is 7.72. The van der Waals surface area contributed by atoms with Gasteiger partial charge in [-0.05, 0) is 19.3 Å². The van der Waals surface area contributed by atoms with E-state index in [0.717, 1.165) is 44.9 Å². The number of aliphatic hydroxyl groups is 11. The van der Waals surface area contributed by atoms with Gasteiger partial charge >= 0.3 is 0 Å². The van der Waals surface area contributed by atoms with Crippen LogP contribution in [0.5, 0.6) is 0 Å². The summed E-state index contributed by atoms with van der Waals surface area (Å²) >= 11 is 0. The van der Waals surface area contributed by atoms with Gasteiger partial charge in [0.15, 0.2) is 18.9 Å². The normalized spacial score (nSPS) is 29.4. The standard InChI is InChI=1S/C64H121NO18/c1-3-5-7-9-10-11-12-13-14-15-16-17-18-19-20-21-22-23-24-25-26-27-28-29-30-31-32-33-34-35-36-38-40-42-52(70)65-47(48(69)41-39-37-8-6-4-2)46-78-62-58(76)55(73)60(50(44-67)80-62)83-64-59(77)56(74)61(51(45-68)81-64)82-63-57(75)54(72)53(71)49(43-66)79-63/h39,41,47-51,53-64,66-69,71-77H,3-38,40,42-46H2,1-2H3,(H,65,70)/b41-39+. The fraction of sp³-hybridized carbons (Fsp3) is 0.953. The molecule has 1 amide bonds. The van der Waals surface area contributed by atoms with Gasteiger partial charge in [0.1, 0.15) is 73.2 Å². The van der Waals surface area contributed by atoms with Crippen molar-refractivity contribution in [1.82, 2.24) is 5.32 Å². The molecule has 3 aliphatic rings. The van der Waals surface area contributed by atoms with Crippen molar-refractivity contribution in [3.05, 3.63) is 12.2 Å². The van der Waals surface area contributed by atoms with Crippen LogP contribution in [0.4, 0.5) is 0 Å². The van der Waals surface area contributed by atoms with Crippen LogP contribution < -0.4 is 5.32 Å². The van der Waals surface area contributed by atoms with Crippen molar-refractivity contribution < 1.29 is 89.4 Å². The highest BCUT2D eigenvalue weighted by atomic mass is 16.8. The van der Waals surface area contributed by atoms with E-state index in [9.17, 15) is 61.0 Å². The van der Waals surface area contributed by atoms with Crippen LogP contribution >= 0.6 is 0 Å². The zero-order valence-electron chi connectivity index (χ0n) is 51.4. The molecule has 0 bridgehead atoms. The van der Waals surface area contributed by atoms with Crippen LogP contribution in [0.2, 0.25) is 0 Å². The first-order chi connectivity index (χ1) is 40.3. The van der Waals surface area contributed by atoms with Crippen LogP contribution in [0.25, 0.3) is 0 Å². The minimum absolute atomic E-state index is 0.247. The first-order valence-corrected chi connectivity index (χ1v) is 33.4. The van der Waals surface area contributed by atoms with Crippen molar-refractivity contribution in [2.75, 3.05) is 26.4 Å². The van der Waals surface area contributed by atoms with E-state index in [4.69, 9.17) is 28.4 Å². The van der Waals surface area contributed by atoms with Gasteiger partial charge in [-0.1, -0.05) is 244 Å². The molecule has 0 aliphatic carbocycles. The van der Waals surface area contributed by atoms with Gasteiger partial charge in [-0.2, -0.15) is 0 Å². The van der Waals surface area contributed by atoms with Crippen LogP contribution in [0.15, 0.2) is 12.2 Å². The Kier molecular flexibility index (Phi) is 43.4. The van der Waals surface area contributed by atoms with Crippen LogP contribution in [0, 0.1) is 0 Å². The lowest BCUT2D eigenvalue weighted by Gasteiger charge is -2.48. The van der Waals surface area contributed by atoms with Crippen LogP contribution in [-0.4, -0.2) is 193 Å². The minimum Gasteiger partial charge on any atom is -0.394 e. The molecule has 3 heterocycles. The van der Waals surface area contributed by atoms with Crippen molar-refractivity contribution in [3.8, 4) is 0 Å². The smallest absolute Gasteiger partial charge is 0.220 e. The number of hydrogen-bond acceptors (Lipinski definition) is 18. The van der Waals surface area contributed by atoms with Crippen molar-refractivity contribution in [1.29, 1.82) is 0 Å². The molecule has 3 saturated heterocycles. The second-order valence-electron chi connectivity index (χ2n) is 24.3. The van der Waals surface area contributed by atoms with Gasteiger partial charge in [0.25, 0.3) is 0 Å². The Morgan fingerprint density at radius 3 is 1.13 bits per heavy atom. The molecule has 0 spiro atoms. The van der Waals surface area contributed by atoms with Gasteiger partial charge < -0.3 is 89.9 Å². The molecule has 19 heteroatoms. The summed E-state index contributed by atoms with van der Waals surface area (Å²) in [4.78, 5) is 13.2. The molecule has 0 aromatic heterocycles. The van der Waals surface area contributed by atoms with Gasteiger partial charge in [0.05, 0.1) is 38.6 Å². The molecule has 17 atom stereocenters. The van der Waals surface area contributed by atoms with Gasteiger partial charge in [-0.3, -0.25) is 4.79 Å². The van der Waals surface area contributed by atoms with E-state index in [-0.39, 0.29) is 18.9 Å². The quantitative estimate of drug-likeness (QED) is 0.0205.